The van der Waals surface area contributed by atoms with Crippen LogP contribution < -0.4 is 5.73 Å². The van der Waals surface area contributed by atoms with Gasteiger partial charge in [0.1, 0.15) is 5.84 Å². The van der Waals surface area contributed by atoms with Crippen LogP contribution in [0.3, 0.4) is 0 Å². The van der Waals surface area contributed by atoms with E-state index >= 15 is 0 Å². The number of hydrogen-bond acceptors (Lipinski definition) is 2. The second-order valence-electron chi connectivity index (χ2n) is 2.44. The van der Waals surface area contributed by atoms with Crippen LogP contribution in [0.25, 0.3) is 0 Å². The molecular formula is C6H14ClN3O2. The molecule has 1 amide bonds. The minimum absolute atomic E-state index is 0. The zero-order valence-electron chi connectivity index (χ0n) is 6.67. The molecule has 1 saturated heterocycles. The van der Waals surface area contributed by atoms with E-state index < -0.39 is 0 Å². The van der Waals surface area contributed by atoms with Gasteiger partial charge in [-0.25, -0.2) is 0 Å². The summed E-state index contributed by atoms with van der Waals surface area (Å²) in [6.45, 7) is 1.07. The Morgan fingerprint density at radius 2 is 2.25 bits per heavy atom. The van der Waals surface area contributed by atoms with Gasteiger partial charge in [0.25, 0.3) is 0 Å². The molecule has 0 saturated carbocycles. The zero-order valence-corrected chi connectivity index (χ0v) is 7.49. The molecule has 1 heterocycles. The average Bonchev–Trinajstić information content (AvgIpc) is 2.15. The van der Waals surface area contributed by atoms with Gasteiger partial charge in [-0.15, -0.1) is 12.4 Å². The molecule has 0 unspecified atom stereocenters. The maximum Gasteiger partial charge on any atom is 0.223 e. The Kier molecular flexibility index (Phi) is 6.64. The first kappa shape index (κ1) is 13.8. The highest BCUT2D eigenvalue weighted by atomic mass is 35.5. The zero-order chi connectivity index (χ0) is 7.56. The fraction of sp³-hybridized carbons (Fsp3) is 0.667. The molecule has 5 N–H and O–H groups in total. The number of amidine groups is 1. The smallest absolute Gasteiger partial charge is 0.223 e. The van der Waals surface area contributed by atoms with Gasteiger partial charge >= 0.3 is 0 Å². The highest BCUT2D eigenvalue weighted by molar-refractivity contribution is 5.86. The molecule has 12 heavy (non-hydrogen) atoms. The van der Waals surface area contributed by atoms with E-state index in [1.54, 1.807) is 4.90 Å². The van der Waals surface area contributed by atoms with Crippen LogP contribution in [0.5, 0.6) is 0 Å². The van der Waals surface area contributed by atoms with Gasteiger partial charge < -0.3 is 16.1 Å². The monoisotopic (exact) mass is 195 g/mol. The topological polar surface area (TPSA) is 102 Å². The van der Waals surface area contributed by atoms with Crippen LogP contribution in [0, 0.1) is 5.41 Å². The van der Waals surface area contributed by atoms with E-state index in [0.29, 0.717) is 13.0 Å². The van der Waals surface area contributed by atoms with Crippen molar-refractivity contribution >= 4 is 24.1 Å². The number of halogens is 1. The first-order chi connectivity index (χ1) is 4.70. The number of rotatable bonds is 2. The van der Waals surface area contributed by atoms with Gasteiger partial charge in [-0.3, -0.25) is 10.2 Å². The molecule has 0 aromatic heterocycles. The van der Waals surface area contributed by atoms with Crippen molar-refractivity contribution in [2.75, 3.05) is 13.1 Å². The summed E-state index contributed by atoms with van der Waals surface area (Å²) in [5, 5.41) is 6.93. The normalized spacial score (nSPS) is 15.0. The van der Waals surface area contributed by atoms with Gasteiger partial charge in [0.15, 0.2) is 0 Å². The predicted molar refractivity (Wildman–Crippen MR) is 48.6 cm³/mol. The predicted octanol–water partition coefficient (Wildman–Crippen LogP) is -0.858. The lowest BCUT2D eigenvalue weighted by Crippen LogP contribution is -2.33. The third kappa shape index (κ3) is 3.54. The van der Waals surface area contributed by atoms with Crippen molar-refractivity contribution in [1.29, 1.82) is 5.41 Å². The third-order valence-electron chi connectivity index (χ3n) is 1.53. The van der Waals surface area contributed by atoms with Gasteiger partial charge in [0, 0.05) is 13.0 Å². The van der Waals surface area contributed by atoms with Crippen molar-refractivity contribution in [3.63, 3.8) is 0 Å². The quantitative estimate of drug-likeness (QED) is 0.443. The molecule has 1 aliphatic heterocycles. The summed E-state index contributed by atoms with van der Waals surface area (Å²) in [6.07, 6.45) is 1.53. The molecule has 0 aromatic carbocycles. The Hall–Kier alpha value is -0.810. The number of likely N-dealkylation sites (tertiary alicyclic amines) is 1. The molecule has 0 aromatic rings. The number of carbonyl (C=O) groups excluding carboxylic acids is 1. The Balaban J connectivity index is 0. The summed E-state index contributed by atoms with van der Waals surface area (Å²) in [4.78, 5) is 12.5. The summed E-state index contributed by atoms with van der Waals surface area (Å²) in [5.41, 5.74) is 5.12. The molecule has 5 nitrogen and oxygen atoms in total. The van der Waals surface area contributed by atoms with Crippen molar-refractivity contribution in [2.24, 2.45) is 5.73 Å². The Morgan fingerprint density at radius 1 is 1.67 bits per heavy atom. The maximum absolute atomic E-state index is 10.9. The molecule has 0 spiro atoms. The maximum atomic E-state index is 10.9. The molecular weight excluding hydrogens is 182 g/mol. The molecule has 0 bridgehead atoms. The molecule has 6 heteroatoms. The van der Waals surface area contributed by atoms with Crippen molar-refractivity contribution in [3.8, 4) is 0 Å². The standard InChI is InChI=1S/C6H11N3O.ClH.H2O/c7-5(8)4-9-3-1-2-6(9)10;;/h1-4H2,(H3,7,8);1H;1H2. The second-order valence-corrected chi connectivity index (χ2v) is 2.44. The SMILES string of the molecule is Cl.N=C(N)CN1CCCC1=O.O. The van der Waals surface area contributed by atoms with Crippen molar-refractivity contribution in [1.82, 2.24) is 4.90 Å². The molecule has 1 aliphatic rings. The second kappa shape index (κ2) is 5.79. The molecule has 0 aliphatic carbocycles. The van der Waals surface area contributed by atoms with E-state index in [9.17, 15) is 4.79 Å². The van der Waals surface area contributed by atoms with E-state index in [2.05, 4.69) is 0 Å². The van der Waals surface area contributed by atoms with Crippen LogP contribution in [0.1, 0.15) is 12.8 Å². The number of amides is 1. The van der Waals surface area contributed by atoms with E-state index in [4.69, 9.17) is 11.1 Å². The molecule has 0 radical (unpaired) electrons. The highest BCUT2D eigenvalue weighted by Gasteiger charge is 2.19. The van der Waals surface area contributed by atoms with Crippen LogP contribution in [0.15, 0.2) is 0 Å². The van der Waals surface area contributed by atoms with Crippen molar-refractivity contribution in [3.05, 3.63) is 0 Å². The fourth-order valence-corrected chi connectivity index (χ4v) is 1.08. The van der Waals surface area contributed by atoms with Gasteiger partial charge in [0.05, 0.1) is 6.54 Å². The highest BCUT2D eigenvalue weighted by Crippen LogP contribution is 2.07. The molecule has 1 fully saturated rings. The Bertz CT molecular complexity index is 174. The van der Waals surface area contributed by atoms with Gasteiger partial charge in [-0.1, -0.05) is 0 Å². The number of nitrogens with zero attached hydrogens (tertiary/aromatic N) is 1. The average molecular weight is 196 g/mol. The lowest BCUT2D eigenvalue weighted by atomic mass is 10.4. The van der Waals surface area contributed by atoms with Gasteiger partial charge in [-0.05, 0) is 6.42 Å². The fourth-order valence-electron chi connectivity index (χ4n) is 1.08. The summed E-state index contributed by atoms with van der Waals surface area (Å²) < 4.78 is 0. The van der Waals surface area contributed by atoms with Crippen LogP contribution >= 0.6 is 12.4 Å². The number of hydrogen-bond donors (Lipinski definition) is 2. The van der Waals surface area contributed by atoms with Gasteiger partial charge in [0.2, 0.25) is 5.91 Å². The van der Waals surface area contributed by atoms with Crippen LogP contribution in [0.2, 0.25) is 0 Å². The molecule has 1 rings (SSSR count). The first-order valence-electron chi connectivity index (χ1n) is 3.31. The number of nitrogens with one attached hydrogen (secondary N) is 1. The lowest BCUT2D eigenvalue weighted by molar-refractivity contribution is -0.127. The minimum Gasteiger partial charge on any atom is -0.412 e. The van der Waals surface area contributed by atoms with Crippen LogP contribution in [-0.2, 0) is 4.79 Å². The third-order valence-corrected chi connectivity index (χ3v) is 1.53. The summed E-state index contributed by atoms with van der Waals surface area (Å²) in [7, 11) is 0. The van der Waals surface area contributed by atoms with E-state index in [1.807, 2.05) is 0 Å². The lowest BCUT2D eigenvalue weighted by Gasteiger charge is -2.12. The van der Waals surface area contributed by atoms with Crippen LogP contribution in [-0.4, -0.2) is 35.2 Å². The molecule has 72 valence electrons. The molecule has 0 atom stereocenters. The minimum atomic E-state index is 0. The number of carbonyl (C=O) groups is 1. The summed E-state index contributed by atoms with van der Waals surface area (Å²) in [6, 6.07) is 0. The Labute approximate surface area is 77.1 Å². The summed E-state index contributed by atoms with van der Waals surface area (Å²) >= 11 is 0. The number of nitrogens with two attached hydrogens (primary N) is 1. The largest absolute Gasteiger partial charge is 0.412 e. The summed E-state index contributed by atoms with van der Waals surface area (Å²) in [5.74, 6) is 0.186. The van der Waals surface area contributed by atoms with Crippen LogP contribution in [0.4, 0.5) is 0 Å². The van der Waals surface area contributed by atoms with E-state index in [-0.39, 0.29) is 29.6 Å². The van der Waals surface area contributed by atoms with Gasteiger partial charge in [-0.2, -0.15) is 0 Å². The first-order valence-corrected chi connectivity index (χ1v) is 3.31. The Morgan fingerprint density at radius 3 is 2.58 bits per heavy atom. The van der Waals surface area contributed by atoms with E-state index in [0.717, 1.165) is 13.0 Å². The van der Waals surface area contributed by atoms with Crippen molar-refractivity contribution < 1.29 is 10.3 Å². The van der Waals surface area contributed by atoms with Crippen molar-refractivity contribution in [2.45, 2.75) is 12.8 Å². The van der Waals surface area contributed by atoms with E-state index in [1.165, 1.54) is 0 Å².